The molecule has 0 aliphatic heterocycles. The molecule has 1 aliphatic carbocycles. The summed E-state index contributed by atoms with van der Waals surface area (Å²) in [6, 6.07) is 16.0. The van der Waals surface area contributed by atoms with E-state index in [0.717, 1.165) is 56.3 Å². The molecule has 0 atom stereocenters. The average molecular weight is 528 g/mol. The Kier molecular flexibility index (Phi) is 6.40. The molecule has 5 rings (SSSR count). The monoisotopic (exact) mass is 526 g/mol. The standard InChI is InChI=1S/C25H23BrN2O2S2/c1-2-30-19-12-10-18(11-13-19)28-24(29)22-20-8-3-4-9-21(20)32-23(22)27-25(28)31-15-16-6-5-7-17(26)14-16/h5-7,10-14H,2-4,8-9,15H2,1H3. The molecule has 0 N–H and O–H groups in total. The van der Waals surface area contributed by atoms with Crippen LogP contribution in [0, 0.1) is 0 Å². The van der Waals surface area contributed by atoms with Gasteiger partial charge in [0.05, 0.1) is 17.7 Å². The molecular weight excluding hydrogens is 504 g/mol. The Hall–Kier alpha value is -2.09. The van der Waals surface area contributed by atoms with Gasteiger partial charge in [0.2, 0.25) is 0 Å². The number of benzene rings is 2. The predicted octanol–water partition coefficient (Wildman–Crippen LogP) is 6.78. The first kappa shape index (κ1) is 21.7. The molecule has 0 saturated carbocycles. The molecule has 0 radical (unpaired) electrons. The maximum absolute atomic E-state index is 13.8. The Labute approximate surface area is 203 Å². The first-order valence-corrected chi connectivity index (χ1v) is 13.4. The summed E-state index contributed by atoms with van der Waals surface area (Å²) in [5.41, 5.74) is 3.26. The number of hydrogen-bond acceptors (Lipinski definition) is 5. The lowest BCUT2D eigenvalue weighted by Crippen LogP contribution is -2.22. The Morgan fingerprint density at radius 1 is 1.16 bits per heavy atom. The molecule has 32 heavy (non-hydrogen) atoms. The van der Waals surface area contributed by atoms with Crippen LogP contribution in [-0.2, 0) is 18.6 Å². The predicted molar refractivity (Wildman–Crippen MR) is 137 cm³/mol. The van der Waals surface area contributed by atoms with E-state index in [1.165, 1.54) is 22.4 Å². The van der Waals surface area contributed by atoms with Crippen molar-refractivity contribution in [1.29, 1.82) is 0 Å². The molecule has 2 heterocycles. The van der Waals surface area contributed by atoms with Gasteiger partial charge in [-0.3, -0.25) is 9.36 Å². The summed E-state index contributed by atoms with van der Waals surface area (Å²) < 4.78 is 8.42. The lowest BCUT2D eigenvalue weighted by atomic mass is 9.97. The van der Waals surface area contributed by atoms with Gasteiger partial charge in [-0.1, -0.05) is 39.8 Å². The number of halogens is 1. The van der Waals surface area contributed by atoms with Crippen LogP contribution in [0.4, 0.5) is 0 Å². The highest BCUT2D eigenvalue weighted by Crippen LogP contribution is 2.36. The number of hydrogen-bond donors (Lipinski definition) is 0. The van der Waals surface area contributed by atoms with Crippen molar-refractivity contribution in [2.75, 3.05) is 6.61 Å². The van der Waals surface area contributed by atoms with Crippen LogP contribution in [0.1, 0.15) is 35.8 Å². The van der Waals surface area contributed by atoms with Crippen LogP contribution in [0.5, 0.6) is 5.75 Å². The number of fused-ring (bicyclic) bond motifs is 3. The zero-order valence-corrected chi connectivity index (χ0v) is 21.0. The normalized spacial score (nSPS) is 13.3. The zero-order valence-electron chi connectivity index (χ0n) is 17.8. The zero-order chi connectivity index (χ0) is 22.1. The second kappa shape index (κ2) is 9.41. The molecule has 1 aliphatic rings. The maximum atomic E-state index is 13.8. The van der Waals surface area contributed by atoms with Crippen LogP contribution in [-0.4, -0.2) is 16.2 Å². The summed E-state index contributed by atoms with van der Waals surface area (Å²) >= 11 is 6.84. The first-order valence-electron chi connectivity index (χ1n) is 10.8. The highest BCUT2D eigenvalue weighted by molar-refractivity contribution is 9.10. The van der Waals surface area contributed by atoms with Crippen molar-refractivity contribution in [3.05, 3.63) is 79.4 Å². The highest BCUT2D eigenvalue weighted by Gasteiger charge is 2.23. The van der Waals surface area contributed by atoms with E-state index in [2.05, 4.69) is 28.1 Å². The van der Waals surface area contributed by atoms with Crippen LogP contribution in [0.15, 0.2) is 63.0 Å². The smallest absolute Gasteiger partial charge is 0.267 e. The molecule has 7 heteroatoms. The minimum atomic E-state index is 0.0373. The van der Waals surface area contributed by atoms with E-state index in [9.17, 15) is 4.79 Å². The van der Waals surface area contributed by atoms with E-state index in [0.29, 0.717) is 6.61 Å². The minimum Gasteiger partial charge on any atom is -0.494 e. The van der Waals surface area contributed by atoms with Crippen LogP contribution in [0.2, 0.25) is 0 Å². The first-order chi connectivity index (χ1) is 15.6. The molecule has 0 amide bonds. The fourth-order valence-corrected chi connectivity index (χ4v) is 6.85. The topological polar surface area (TPSA) is 44.1 Å². The van der Waals surface area contributed by atoms with Crippen molar-refractivity contribution >= 4 is 49.2 Å². The fourth-order valence-electron chi connectivity index (χ4n) is 4.14. The SMILES string of the molecule is CCOc1ccc(-n2c(SCc3cccc(Br)c3)nc3sc4c(c3c2=O)CCCC4)cc1. The maximum Gasteiger partial charge on any atom is 0.267 e. The molecule has 4 nitrogen and oxygen atoms in total. The van der Waals surface area contributed by atoms with E-state index in [1.807, 2.05) is 43.3 Å². The number of ether oxygens (including phenoxy) is 1. The molecule has 0 bridgehead atoms. The lowest BCUT2D eigenvalue weighted by molar-refractivity contribution is 0.340. The van der Waals surface area contributed by atoms with Gasteiger partial charge in [-0.2, -0.15) is 0 Å². The molecule has 0 saturated heterocycles. The van der Waals surface area contributed by atoms with Crippen LogP contribution in [0.25, 0.3) is 15.9 Å². The van der Waals surface area contributed by atoms with Crippen molar-refractivity contribution in [2.24, 2.45) is 0 Å². The van der Waals surface area contributed by atoms with Gasteiger partial charge in [0.1, 0.15) is 10.6 Å². The summed E-state index contributed by atoms with van der Waals surface area (Å²) in [7, 11) is 0. The summed E-state index contributed by atoms with van der Waals surface area (Å²) in [5, 5.41) is 1.54. The molecule has 4 aromatic rings. The van der Waals surface area contributed by atoms with Crippen LogP contribution >= 0.6 is 39.0 Å². The van der Waals surface area contributed by atoms with Gasteiger partial charge in [0.25, 0.3) is 5.56 Å². The van der Waals surface area contributed by atoms with E-state index in [4.69, 9.17) is 9.72 Å². The lowest BCUT2D eigenvalue weighted by Gasteiger charge is -2.14. The van der Waals surface area contributed by atoms with Crippen molar-refractivity contribution in [3.63, 3.8) is 0 Å². The van der Waals surface area contributed by atoms with Crippen LogP contribution in [0.3, 0.4) is 0 Å². The third-order valence-corrected chi connectivity index (χ3v) is 8.31. The van der Waals surface area contributed by atoms with E-state index in [-0.39, 0.29) is 5.56 Å². The fraction of sp³-hybridized carbons (Fsp3) is 0.280. The van der Waals surface area contributed by atoms with Crippen molar-refractivity contribution < 1.29 is 4.74 Å². The number of nitrogens with zero attached hydrogens (tertiary/aromatic N) is 2. The molecular formula is C25H23BrN2O2S2. The third-order valence-electron chi connectivity index (χ3n) is 5.62. The Balaban J connectivity index is 1.63. The van der Waals surface area contributed by atoms with Gasteiger partial charge in [-0.05, 0) is 80.1 Å². The van der Waals surface area contributed by atoms with Crippen molar-refractivity contribution in [2.45, 2.75) is 43.5 Å². The van der Waals surface area contributed by atoms with Gasteiger partial charge in [-0.15, -0.1) is 11.3 Å². The molecule has 0 unspecified atom stereocenters. The quantitative estimate of drug-likeness (QED) is 0.205. The summed E-state index contributed by atoms with van der Waals surface area (Å²) in [6.07, 6.45) is 4.36. The number of thioether (sulfide) groups is 1. The number of thiophene rings is 1. The molecule has 164 valence electrons. The van der Waals surface area contributed by atoms with Crippen molar-refractivity contribution in [3.8, 4) is 11.4 Å². The largest absolute Gasteiger partial charge is 0.494 e. The van der Waals surface area contributed by atoms with Crippen LogP contribution < -0.4 is 10.3 Å². The number of rotatable bonds is 6. The molecule has 2 aromatic carbocycles. The van der Waals surface area contributed by atoms with E-state index >= 15 is 0 Å². The van der Waals surface area contributed by atoms with Gasteiger partial charge in [0.15, 0.2) is 5.16 Å². The second-order valence-electron chi connectivity index (χ2n) is 7.77. The molecule has 0 fully saturated rings. The summed E-state index contributed by atoms with van der Waals surface area (Å²) in [4.78, 5) is 21.1. The summed E-state index contributed by atoms with van der Waals surface area (Å²) in [5.74, 6) is 1.54. The minimum absolute atomic E-state index is 0.0373. The summed E-state index contributed by atoms with van der Waals surface area (Å²) in [6.45, 7) is 2.58. The Morgan fingerprint density at radius 2 is 1.97 bits per heavy atom. The highest BCUT2D eigenvalue weighted by atomic mass is 79.9. The Bertz CT molecular complexity index is 1330. The van der Waals surface area contributed by atoms with E-state index < -0.39 is 0 Å². The van der Waals surface area contributed by atoms with Gasteiger partial charge >= 0.3 is 0 Å². The Morgan fingerprint density at radius 3 is 2.75 bits per heavy atom. The molecule has 0 spiro atoms. The average Bonchev–Trinajstić information content (AvgIpc) is 3.17. The number of aryl methyl sites for hydroxylation is 2. The number of aromatic nitrogens is 2. The van der Waals surface area contributed by atoms with Crippen molar-refractivity contribution in [1.82, 2.24) is 9.55 Å². The second-order valence-corrected chi connectivity index (χ2v) is 10.7. The van der Waals surface area contributed by atoms with E-state index in [1.54, 1.807) is 27.7 Å². The molecule has 2 aromatic heterocycles. The van der Waals surface area contributed by atoms with Gasteiger partial charge in [0, 0.05) is 15.1 Å². The van der Waals surface area contributed by atoms with Gasteiger partial charge in [-0.25, -0.2) is 4.98 Å². The third kappa shape index (κ3) is 4.26. The van der Waals surface area contributed by atoms with Gasteiger partial charge < -0.3 is 4.74 Å².